The maximum Gasteiger partial charge on any atom is 0.364 e. The predicted octanol–water partition coefficient (Wildman–Crippen LogP) is 5.31. The van der Waals surface area contributed by atoms with Crippen molar-refractivity contribution in [3.05, 3.63) is 73.9 Å². The SMILES string of the molecule is COC(=O)C([NH3+])Cc1cc(I)c(Oc2cc(I)c(O)c(I)c2)c(I)c1.Cc1ccc(S(=O)(=O)[O-])cc1.O=C(CCCCC1SCC2NC(=O)NC21)NCCOCCOCCOCCOCCC(=O)ON1C(=O)CCC1=O.[2H]CF. The predicted molar refractivity (Wildman–Crippen MR) is 316 cm³/mol. The third-order valence-corrected chi connectivity index (χ3v) is 16.6. The number of rotatable bonds is 27. The Balaban J connectivity index is 0.000000354. The number of unbranched alkanes of at least 4 members (excludes halogenated alkanes) is 1. The van der Waals surface area contributed by atoms with Crippen molar-refractivity contribution in [2.24, 2.45) is 0 Å². The topological polar surface area (TPSA) is 311 Å². The summed E-state index contributed by atoms with van der Waals surface area (Å²) >= 11 is 10.5. The first-order valence-electron chi connectivity index (χ1n) is 24.7. The zero-order chi connectivity index (χ0) is 58.5. The van der Waals surface area contributed by atoms with Gasteiger partial charge in [-0.1, -0.05) is 24.1 Å². The second-order valence-corrected chi connectivity index (χ2v) is 24.2. The van der Waals surface area contributed by atoms with E-state index < -0.39 is 41.1 Å². The number of hydrogen-bond acceptors (Lipinski definition) is 18. The first kappa shape index (κ1) is 67.5. The van der Waals surface area contributed by atoms with Crippen molar-refractivity contribution in [3.63, 3.8) is 0 Å². The molecule has 3 aliphatic heterocycles. The van der Waals surface area contributed by atoms with Crippen LogP contribution in [0.5, 0.6) is 17.2 Å². The largest absolute Gasteiger partial charge is 0.744 e. The molecule has 3 aliphatic rings. The number of hydroxylamine groups is 2. The quantitative estimate of drug-likeness (QED) is 0.0161. The number of amides is 5. The Bertz CT molecular complexity index is 2520. The fraction of sp³-hybridized carbons (Fsp3) is 0.510. The number of nitrogens with zero attached hydrogens (tertiary/aromatic N) is 1. The van der Waals surface area contributed by atoms with Crippen LogP contribution in [-0.2, 0) is 69.0 Å². The molecule has 22 nitrogen and oxygen atoms in total. The number of phenols is 1. The molecule has 0 saturated carbocycles. The smallest absolute Gasteiger partial charge is 0.364 e. The highest BCUT2D eigenvalue weighted by molar-refractivity contribution is 14.1. The summed E-state index contributed by atoms with van der Waals surface area (Å²) in [5.74, 6) is 0.594. The minimum atomic E-state index is -4.27. The van der Waals surface area contributed by atoms with Crippen LogP contribution >= 0.6 is 102 Å². The Labute approximate surface area is 512 Å². The van der Waals surface area contributed by atoms with Crippen molar-refractivity contribution in [3.8, 4) is 17.2 Å². The molecular formula is C49H64FI4N5O17S2. The van der Waals surface area contributed by atoms with Crippen LogP contribution in [0.2, 0.25) is 0 Å². The lowest BCUT2D eigenvalue weighted by molar-refractivity contribution is -0.407. The van der Waals surface area contributed by atoms with E-state index in [0.717, 1.165) is 56.2 Å². The molecule has 3 fully saturated rings. The summed E-state index contributed by atoms with van der Waals surface area (Å²) < 4.78 is 82.3. The standard InChI is InChI=1S/C25H40N4O10S.C16H13I4NO4.C7H8O3S.CH3F/c30-20(4-2-1-3-19-24-18(17-40-19)27-25(34)28-24)26-8-10-36-12-14-38-16-15-37-13-11-35-9-7-23(33)39-29-21(31)5-6-22(29)32;1-24-16(23)13(21)4-7-2-11(19)15(12(20)3-7)25-8-5-9(17)14(22)10(18)6-8;1-6-2-4-7(5-3-6)11(8,9)10;1-2/h18-19,24H,1-17H2,(H,26,30)(H2,27,28,34);2-3,5-6,13,22H,4,21H2,1H3;2-5H,1H3,(H,8,9,10);1H3/i;;;1D. The molecule has 29 heteroatoms. The number of alkyl halides is 1. The molecule has 7 N–H and O–H groups in total. The number of benzene rings is 3. The number of urea groups is 1. The molecule has 6 rings (SSSR count). The lowest BCUT2D eigenvalue weighted by Crippen LogP contribution is -2.66. The number of phenolic OH excluding ortho intramolecular Hbond substituents is 1. The summed E-state index contributed by atoms with van der Waals surface area (Å²) in [4.78, 5) is 73.9. The normalized spacial score (nSPS) is 16.9. The van der Waals surface area contributed by atoms with Crippen molar-refractivity contribution in [2.75, 3.05) is 79.4 Å². The first-order valence-corrected chi connectivity index (χ1v) is 30.8. The average molecular weight is 1590 g/mol. The van der Waals surface area contributed by atoms with E-state index in [2.05, 4.69) is 112 Å². The molecule has 0 aliphatic carbocycles. The maximum atomic E-state index is 12.0. The molecule has 4 atom stereocenters. The van der Waals surface area contributed by atoms with Crippen LogP contribution in [0.1, 0.15) is 57.4 Å². The van der Waals surface area contributed by atoms with Gasteiger partial charge in [0, 0.05) is 43.2 Å². The zero-order valence-electron chi connectivity index (χ0n) is 43.7. The number of methoxy groups -OCH3 is 1. The van der Waals surface area contributed by atoms with E-state index in [1.807, 2.05) is 30.8 Å². The van der Waals surface area contributed by atoms with E-state index in [-0.39, 0.29) is 73.1 Å². The van der Waals surface area contributed by atoms with E-state index in [1.54, 1.807) is 24.3 Å². The Morgan fingerprint density at radius 1 is 0.872 bits per heavy atom. The minimum absolute atomic E-state index is 0.0174. The van der Waals surface area contributed by atoms with Crippen LogP contribution < -0.4 is 26.4 Å². The number of nitrogens with one attached hydrogen (secondary N) is 3. The third-order valence-electron chi connectivity index (χ3n) is 11.0. The zero-order valence-corrected chi connectivity index (χ0v) is 53.0. The highest BCUT2D eigenvalue weighted by Gasteiger charge is 2.42. The van der Waals surface area contributed by atoms with Gasteiger partial charge in [0.05, 0.1) is 106 Å². The summed E-state index contributed by atoms with van der Waals surface area (Å²) in [7, 11) is -3.90. The molecule has 4 unspecified atom stereocenters. The molecule has 3 heterocycles. The lowest BCUT2D eigenvalue weighted by Gasteiger charge is -2.16. The summed E-state index contributed by atoms with van der Waals surface area (Å²) in [6.45, 7) is 4.99. The van der Waals surface area contributed by atoms with Crippen LogP contribution in [0, 0.1) is 21.2 Å². The van der Waals surface area contributed by atoms with Gasteiger partial charge in [0.25, 0.3) is 11.8 Å². The number of imide groups is 1. The second kappa shape index (κ2) is 37.2. The molecule has 0 aromatic heterocycles. The number of carbonyl (C=O) groups is 6. The van der Waals surface area contributed by atoms with Gasteiger partial charge in [-0.05, 0) is 152 Å². The van der Waals surface area contributed by atoms with Crippen LogP contribution in [0.25, 0.3) is 0 Å². The van der Waals surface area contributed by atoms with Crippen LogP contribution in [0.3, 0.4) is 0 Å². The first-order chi connectivity index (χ1) is 37.6. The van der Waals surface area contributed by atoms with Crippen LogP contribution in [0.15, 0.2) is 53.4 Å². The number of aromatic hydroxyl groups is 1. The molecule has 3 aromatic rings. The number of quaternary nitrogens is 1. The Morgan fingerprint density at radius 2 is 1.42 bits per heavy atom. The minimum Gasteiger partial charge on any atom is -0.744 e. The Hall–Kier alpha value is -3.01. The number of hydrogen-bond donors (Lipinski definition) is 5. The Morgan fingerprint density at radius 3 is 1.97 bits per heavy atom. The molecule has 78 heavy (non-hydrogen) atoms. The van der Waals surface area contributed by atoms with Gasteiger partial charge in [0.15, 0.2) is 11.8 Å². The van der Waals surface area contributed by atoms with Crippen molar-refractivity contribution in [1.29, 1.82) is 0 Å². The van der Waals surface area contributed by atoms with E-state index >= 15 is 0 Å². The molecule has 434 valence electrons. The van der Waals surface area contributed by atoms with Crippen LogP contribution in [0.4, 0.5) is 9.18 Å². The number of thioether (sulfide) groups is 1. The summed E-state index contributed by atoms with van der Waals surface area (Å²) in [6, 6.07) is 13.3. The highest BCUT2D eigenvalue weighted by atomic mass is 127. The lowest BCUT2D eigenvalue weighted by atomic mass is 10.0. The van der Waals surface area contributed by atoms with Gasteiger partial charge in [0.1, 0.15) is 21.6 Å². The number of aryl methyl sites for hydroxylation is 1. The van der Waals surface area contributed by atoms with Gasteiger partial charge in [-0.2, -0.15) is 11.8 Å². The van der Waals surface area contributed by atoms with Gasteiger partial charge in [-0.3, -0.25) is 18.8 Å². The van der Waals surface area contributed by atoms with E-state index in [9.17, 15) is 51.2 Å². The molecular weight excluding hydrogens is 1520 g/mol. The molecule has 0 bridgehead atoms. The number of fused-ring (bicyclic) bond motifs is 1. The molecule has 0 spiro atoms. The summed E-state index contributed by atoms with van der Waals surface area (Å²) in [5, 5.41) is 19.6. The van der Waals surface area contributed by atoms with Gasteiger partial charge < -0.3 is 64.6 Å². The van der Waals surface area contributed by atoms with E-state index in [4.69, 9.17) is 34.6 Å². The molecule has 3 saturated heterocycles. The van der Waals surface area contributed by atoms with Gasteiger partial charge in [-0.15, -0.1) is 5.06 Å². The Kier molecular flexibility index (Phi) is 32.2. The molecule has 5 amide bonds. The number of carbonyl (C=O) groups excluding carboxylic acids is 6. The average Bonchev–Trinajstić information content (AvgIpc) is 4.09. The number of esters is 1. The summed E-state index contributed by atoms with van der Waals surface area (Å²) in [6.07, 6.45) is 3.81. The van der Waals surface area contributed by atoms with E-state index in [0.29, 0.717) is 75.1 Å². The molecule has 0 radical (unpaired) electrons. The molecule has 3 aromatic carbocycles. The fourth-order valence-corrected chi connectivity index (χ4v) is 13.0. The third kappa shape index (κ3) is 25.4. The van der Waals surface area contributed by atoms with Crippen molar-refractivity contribution >= 4 is 148 Å². The second-order valence-electron chi connectivity index (χ2n) is 16.9. The van der Waals surface area contributed by atoms with Gasteiger partial charge in [0.2, 0.25) is 5.91 Å². The monoisotopic (exact) mass is 1590 g/mol. The van der Waals surface area contributed by atoms with Gasteiger partial charge in [-0.25, -0.2) is 22.8 Å². The van der Waals surface area contributed by atoms with Gasteiger partial charge >= 0.3 is 18.0 Å². The van der Waals surface area contributed by atoms with Crippen molar-refractivity contribution in [1.82, 2.24) is 21.0 Å². The van der Waals surface area contributed by atoms with Crippen molar-refractivity contribution in [2.45, 2.75) is 86.6 Å². The van der Waals surface area contributed by atoms with E-state index in [1.165, 1.54) is 19.2 Å². The number of halogens is 5. The fourth-order valence-electron chi connectivity index (χ4n) is 7.13. The summed E-state index contributed by atoms with van der Waals surface area (Å²) in [5.41, 5.74) is 5.77. The number of ether oxygens (including phenoxy) is 6. The van der Waals surface area contributed by atoms with Crippen LogP contribution in [-0.4, -0.2) is 162 Å². The maximum absolute atomic E-state index is 12.0. The highest BCUT2D eigenvalue weighted by Crippen LogP contribution is 2.37. The van der Waals surface area contributed by atoms with Crippen molar-refractivity contribution < 1.29 is 91.6 Å².